The standard InChI is InChI=1S/C15H24N2O2/c1-5-17(13-9-7-6-8-10-13)14(19)11-16(4)15(2,3)12-18/h6-10,18H,5,11-12H2,1-4H3. The third-order valence-electron chi connectivity index (χ3n) is 3.48. The van der Waals surface area contributed by atoms with Crippen molar-refractivity contribution in [3.8, 4) is 0 Å². The van der Waals surface area contributed by atoms with Gasteiger partial charge in [0.05, 0.1) is 13.2 Å². The molecule has 0 atom stereocenters. The van der Waals surface area contributed by atoms with E-state index in [4.69, 9.17) is 0 Å². The molecule has 1 N–H and O–H groups in total. The van der Waals surface area contributed by atoms with Crippen molar-refractivity contribution < 1.29 is 9.90 Å². The zero-order valence-corrected chi connectivity index (χ0v) is 12.3. The average Bonchev–Trinajstić information content (AvgIpc) is 2.40. The maximum Gasteiger partial charge on any atom is 0.241 e. The van der Waals surface area contributed by atoms with Gasteiger partial charge in [-0.3, -0.25) is 9.69 Å². The van der Waals surface area contributed by atoms with E-state index in [1.165, 1.54) is 0 Å². The Morgan fingerprint density at radius 1 is 1.26 bits per heavy atom. The molecule has 1 aromatic carbocycles. The first-order valence-corrected chi connectivity index (χ1v) is 6.60. The second-order valence-corrected chi connectivity index (χ2v) is 5.30. The summed E-state index contributed by atoms with van der Waals surface area (Å²) >= 11 is 0. The topological polar surface area (TPSA) is 43.8 Å². The van der Waals surface area contributed by atoms with Crippen molar-refractivity contribution in [2.24, 2.45) is 0 Å². The molecule has 0 bridgehead atoms. The third-order valence-corrected chi connectivity index (χ3v) is 3.48. The number of aliphatic hydroxyl groups excluding tert-OH is 1. The Kier molecular flexibility index (Phi) is 5.51. The number of carbonyl (C=O) groups is 1. The van der Waals surface area contributed by atoms with Gasteiger partial charge in [-0.05, 0) is 40.0 Å². The summed E-state index contributed by atoms with van der Waals surface area (Å²) in [6.07, 6.45) is 0. The number of benzene rings is 1. The molecule has 0 aliphatic carbocycles. The molecule has 0 aromatic heterocycles. The Bertz CT molecular complexity index is 404. The molecule has 0 spiro atoms. The van der Waals surface area contributed by atoms with Crippen LogP contribution in [-0.2, 0) is 4.79 Å². The van der Waals surface area contributed by atoms with Gasteiger partial charge in [-0.25, -0.2) is 0 Å². The van der Waals surface area contributed by atoms with Gasteiger partial charge in [-0.1, -0.05) is 18.2 Å². The van der Waals surface area contributed by atoms with Crippen molar-refractivity contribution in [1.82, 2.24) is 4.90 Å². The van der Waals surface area contributed by atoms with Gasteiger partial charge in [0.2, 0.25) is 5.91 Å². The lowest BCUT2D eigenvalue weighted by Crippen LogP contribution is -2.49. The van der Waals surface area contributed by atoms with E-state index in [1.54, 1.807) is 4.90 Å². The lowest BCUT2D eigenvalue weighted by Gasteiger charge is -2.34. The number of likely N-dealkylation sites (N-methyl/N-ethyl adjacent to an activating group) is 2. The Labute approximate surface area is 115 Å². The summed E-state index contributed by atoms with van der Waals surface area (Å²) in [5.74, 6) is 0.0396. The molecule has 0 saturated heterocycles. The van der Waals surface area contributed by atoms with Crippen LogP contribution in [0.15, 0.2) is 30.3 Å². The maximum atomic E-state index is 12.4. The summed E-state index contributed by atoms with van der Waals surface area (Å²) in [6, 6.07) is 9.64. The zero-order valence-electron chi connectivity index (χ0n) is 12.3. The van der Waals surface area contributed by atoms with Crippen molar-refractivity contribution in [2.75, 3.05) is 31.6 Å². The van der Waals surface area contributed by atoms with Crippen LogP contribution >= 0.6 is 0 Å². The third kappa shape index (κ3) is 4.04. The van der Waals surface area contributed by atoms with Crippen LogP contribution in [0.4, 0.5) is 5.69 Å². The second-order valence-electron chi connectivity index (χ2n) is 5.30. The van der Waals surface area contributed by atoms with Crippen LogP contribution in [0.25, 0.3) is 0 Å². The normalized spacial score (nSPS) is 11.7. The molecule has 19 heavy (non-hydrogen) atoms. The van der Waals surface area contributed by atoms with Gasteiger partial charge in [0, 0.05) is 17.8 Å². The number of rotatable bonds is 6. The van der Waals surface area contributed by atoms with Crippen molar-refractivity contribution in [3.63, 3.8) is 0 Å². The summed E-state index contributed by atoms with van der Waals surface area (Å²) in [4.78, 5) is 16.0. The van der Waals surface area contributed by atoms with E-state index in [0.29, 0.717) is 6.54 Å². The SMILES string of the molecule is CCN(C(=O)CN(C)C(C)(C)CO)c1ccccc1. The number of para-hydroxylation sites is 1. The lowest BCUT2D eigenvalue weighted by atomic mass is 10.1. The van der Waals surface area contributed by atoms with E-state index in [2.05, 4.69) is 0 Å². The largest absolute Gasteiger partial charge is 0.394 e. The monoisotopic (exact) mass is 264 g/mol. The minimum Gasteiger partial charge on any atom is -0.394 e. The van der Waals surface area contributed by atoms with Crippen LogP contribution in [-0.4, -0.2) is 48.2 Å². The molecule has 1 aromatic rings. The van der Waals surface area contributed by atoms with Gasteiger partial charge in [-0.2, -0.15) is 0 Å². The van der Waals surface area contributed by atoms with E-state index >= 15 is 0 Å². The molecule has 4 nitrogen and oxygen atoms in total. The van der Waals surface area contributed by atoms with Crippen LogP contribution in [0.1, 0.15) is 20.8 Å². The molecule has 0 radical (unpaired) electrons. The van der Waals surface area contributed by atoms with Crippen molar-refractivity contribution in [1.29, 1.82) is 0 Å². The predicted octanol–water partition coefficient (Wildman–Crippen LogP) is 1.74. The van der Waals surface area contributed by atoms with E-state index in [0.717, 1.165) is 5.69 Å². The van der Waals surface area contributed by atoms with Crippen molar-refractivity contribution >= 4 is 11.6 Å². The molecule has 0 unspecified atom stereocenters. The Hall–Kier alpha value is -1.39. The van der Waals surface area contributed by atoms with Gasteiger partial charge < -0.3 is 10.0 Å². The van der Waals surface area contributed by atoms with Crippen LogP contribution in [0.3, 0.4) is 0 Å². The fraction of sp³-hybridized carbons (Fsp3) is 0.533. The Balaban J connectivity index is 2.76. The van der Waals surface area contributed by atoms with E-state index in [9.17, 15) is 9.90 Å². The first-order chi connectivity index (χ1) is 8.92. The van der Waals surface area contributed by atoms with Crippen molar-refractivity contribution in [3.05, 3.63) is 30.3 Å². The Morgan fingerprint density at radius 2 is 1.84 bits per heavy atom. The lowest BCUT2D eigenvalue weighted by molar-refractivity contribution is -0.120. The number of anilines is 1. The molecule has 4 heteroatoms. The molecule has 1 amide bonds. The highest BCUT2D eigenvalue weighted by atomic mass is 16.3. The first-order valence-electron chi connectivity index (χ1n) is 6.60. The molecular weight excluding hydrogens is 240 g/mol. The van der Waals surface area contributed by atoms with E-state index in [1.807, 2.05) is 63.1 Å². The number of amides is 1. The minimum absolute atomic E-state index is 0.0221. The van der Waals surface area contributed by atoms with Crippen LogP contribution in [0, 0.1) is 0 Å². The number of hydrogen-bond acceptors (Lipinski definition) is 3. The van der Waals surface area contributed by atoms with Crippen LogP contribution in [0.5, 0.6) is 0 Å². The predicted molar refractivity (Wildman–Crippen MR) is 78.3 cm³/mol. The number of aliphatic hydroxyl groups is 1. The van der Waals surface area contributed by atoms with Crippen molar-refractivity contribution in [2.45, 2.75) is 26.3 Å². The number of carbonyl (C=O) groups excluding carboxylic acids is 1. The van der Waals surface area contributed by atoms with Crippen LogP contribution < -0.4 is 4.90 Å². The fourth-order valence-corrected chi connectivity index (χ4v) is 1.73. The van der Waals surface area contributed by atoms with E-state index in [-0.39, 0.29) is 19.1 Å². The molecule has 0 aliphatic rings. The summed E-state index contributed by atoms with van der Waals surface area (Å²) in [5, 5.41) is 9.32. The highest BCUT2D eigenvalue weighted by Crippen LogP contribution is 2.15. The maximum absolute atomic E-state index is 12.4. The minimum atomic E-state index is -0.397. The zero-order chi connectivity index (χ0) is 14.5. The number of hydrogen-bond donors (Lipinski definition) is 1. The van der Waals surface area contributed by atoms with Gasteiger partial charge >= 0.3 is 0 Å². The average molecular weight is 264 g/mol. The molecule has 0 heterocycles. The van der Waals surface area contributed by atoms with Crippen LogP contribution in [0.2, 0.25) is 0 Å². The second kappa shape index (κ2) is 6.68. The highest BCUT2D eigenvalue weighted by molar-refractivity contribution is 5.94. The molecule has 0 fully saturated rings. The summed E-state index contributed by atoms with van der Waals surface area (Å²) < 4.78 is 0. The van der Waals surface area contributed by atoms with Gasteiger partial charge in [0.15, 0.2) is 0 Å². The fourth-order valence-electron chi connectivity index (χ4n) is 1.73. The molecule has 0 aliphatic heterocycles. The molecular formula is C15H24N2O2. The smallest absolute Gasteiger partial charge is 0.241 e. The number of nitrogens with zero attached hydrogens (tertiary/aromatic N) is 2. The highest BCUT2D eigenvalue weighted by Gasteiger charge is 2.26. The molecule has 0 saturated carbocycles. The summed E-state index contributed by atoms with van der Waals surface area (Å²) in [5.41, 5.74) is 0.511. The summed E-state index contributed by atoms with van der Waals surface area (Å²) in [7, 11) is 1.85. The Morgan fingerprint density at radius 3 is 2.32 bits per heavy atom. The molecule has 106 valence electrons. The summed E-state index contributed by atoms with van der Waals surface area (Å²) in [6.45, 7) is 6.74. The first kappa shape index (κ1) is 15.7. The van der Waals surface area contributed by atoms with Gasteiger partial charge in [-0.15, -0.1) is 0 Å². The molecule has 1 rings (SSSR count). The van der Waals surface area contributed by atoms with E-state index < -0.39 is 5.54 Å². The van der Waals surface area contributed by atoms with Gasteiger partial charge in [0.25, 0.3) is 0 Å². The van der Waals surface area contributed by atoms with Gasteiger partial charge in [0.1, 0.15) is 0 Å². The quantitative estimate of drug-likeness (QED) is 0.851.